The first-order valence-electron chi connectivity index (χ1n) is 9.61. The second kappa shape index (κ2) is 9.41. The highest BCUT2D eigenvalue weighted by Crippen LogP contribution is 2.24. The number of para-hydroxylation sites is 2. The van der Waals surface area contributed by atoms with Crippen molar-refractivity contribution in [3.05, 3.63) is 90.0 Å². The molecule has 8 nitrogen and oxygen atoms in total. The van der Waals surface area contributed by atoms with Crippen LogP contribution in [0.25, 0.3) is 0 Å². The van der Waals surface area contributed by atoms with Gasteiger partial charge in [0.15, 0.2) is 0 Å². The van der Waals surface area contributed by atoms with Crippen LogP contribution in [0.4, 0.5) is 11.4 Å². The van der Waals surface area contributed by atoms with Gasteiger partial charge in [-0.25, -0.2) is 16.8 Å². The van der Waals surface area contributed by atoms with Crippen LogP contribution in [-0.2, 0) is 20.0 Å². The van der Waals surface area contributed by atoms with Crippen LogP contribution in [0.1, 0.15) is 28.9 Å². The van der Waals surface area contributed by atoms with Crippen molar-refractivity contribution < 1.29 is 21.6 Å². The molecular weight excluding hydrogens is 450 g/mol. The predicted molar refractivity (Wildman–Crippen MR) is 124 cm³/mol. The SMILES string of the molecule is C[C@@H](NC(=O)c1ccc(S(=O)(=O)Nc2ccccc2)cc1)c1ccccc1NS(C)(=O)=O. The molecule has 0 saturated heterocycles. The number of carbonyl (C=O) groups is 1. The zero-order valence-corrected chi connectivity index (χ0v) is 19.1. The highest BCUT2D eigenvalue weighted by molar-refractivity contribution is 7.92. The van der Waals surface area contributed by atoms with Crippen molar-refractivity contribution in [3.63, 3.8) is 0 Å². The van der Waals surface area contributed by atoms with Gasteiger partial charge >= 0.3 is 0 Å². The summed E-state index contributed by atoms with van der Waals surface area (Å²) in [6.07, 6.45) is 1.05. The van der Waals surface area contributed by atoms with Gasteiger partial charge in [-0.15, -0.1) is 0 Å². The first kappa shape index (κ1) is 23.3. The first-order valence-corrected chi connectivity index (χ1v) is 13.0. The third-order valence-electron chi connectivity index (χ3n) is 4.52. The number of rotatable bonds is 8. The van der Waals surface area contributed by atoms with Crippen LogP contribution in [0.3, 0.4) is 0 Å². The summed E-state index contributed by atoms with van der Waals surface area (Å²) in [4.78, 5) is 12.7. The van der Waals surface area contributed by atoms with E-state index in [9.17, 15) is 21.6 Å². The lowest BCUT2D eigenvalue weighted by Gasteiger charge is -2.18. The molecule has 32 heavy (non-hydrogen) atoms. The zero-order chi connectivity index (χ0) is 23.4. The molecule has 1 atom stereocenters. The maximum atomic E-state index is 12.7. The number of benzene rings is 3. The normalized spacial score (nSPS) is 12.6. The van der Waals surface area contributed by atoms with Crippen molar-refractivity contribution in [1.29, 1.82) is 0 Å². The minimum atomic E-state index is -3.79. The van der Waals surface area contributed by atoms with Crippen LogP contribution in [0.15, 0.2) is 83.8 Å². The Balaban J connectivity index is 1.73. The molecule has 3 rings (SSSR count). The molecule has 10 heteroatoms. The fourth-order valence-corrected chi connectivity index (χ4v) is 4.67. The van der Waals surface area contributed by atoms with Gasteiger partial charge in [0.25, 0.3) is 15.9 Å². The summed E-state index contributed by atoms with van der Waals surface area (Å²) in [5.41, 5.74) is 1.67. The molecule has 0 aromatic heterocycles. The van der Waals surface area contributed by atoms with Crippen molar-refractivity contribution >= 4 is 37.3 Å². The Labute approximate surface area is 187 Å². The molecular formula is C22H23N3O5S2. The fourth-order valence-electron chi connectivity index (χ4n) is 3.03. The summed E-state index contributed by atoms with van der Waals surface area (Å²) in [5, 5.41) is 2.80. The van der Waals surface area contributed by atoms with Crippen molar-refractivity contribution in [3.8, 4) is 0 Å². The summed E-state index contributed by atoms with van der Waals surface area (Å²) in [6, 6.07) is 20.3. The number of hydrogen-bond donors (Lipinski definition) is 3. The Morgan fingerprint density at radius 1 is 0.781 bits per heavy atom. The maximum Gasteiger partial charge on any atom is 0.261 e. The molecule has 0 radical (unpaired) electrons. The van der Waals surface area contributed by atoms with E-state index >= 15 is 0 Å². The van der Waals surface area contributed by atoms with Gasteiger partial charge < -0.3 is 5.32 Å². The van der Waals surface area contributed by atoms with Crippen LogP contribution in [0.2, 0.25) is 0 Å². The minimum absolute atomic E-state index is 0.0219. The lowest BCUT2D eigenvalue weighted by molar-refractivity contribution is 0.0940. The van der Waals surface area contributed by atoms with Gasteiger partial charge in [-0.2, -0.15) is 0 Å². The van der Waals surface area contributed by atoms with E-state index in [1.54, 1.807) is 61.5 Å². The maximum absolute atomic E-state index is 12.7. The molecule has 3 N–H and O–H groups in total. The van der Waals surface area contributed by atoms with E-state index in [4.69, 9.17) is 0 Å². The number of hydrogen-bond acceptors (Lipinski definition) is 5. The van der Waals surface area contributed by atoms with Crippen LogP contribution in [-0.4, -0.2) is 29.0 Å². The molecule has 0 fully saturated rings. The standard InChI is InChI=1S/C22H23N3O5S2/c1-16(20-10-6-7-11-21(20)25-31(2,27)28)23-22(26)17-12-14-19(15-13-17)32(29,30)24-18-8-4-3-5-9-18/h3-16,24-25H,1-2H3,(H,23,26)/t16-/m1/s1. The summed E-state index contributed by atoms with van der Waals surface area (Å²) >= 11 is 0. The van der Waals surface area contributed by atoms with Crippen molar-refractivity contribution in [2.24, 2.45) is 0 Å². The van der Waals surface area contributed by atoms with Gasteiger partial charge in [0.1, 0.15) is 0 Å². The molecule has 3 aromatic carbocycles. The quantitative estimate of drug-likeness (QED) is 0.463. The zero-order valence-electron chi connectivity index (χ0n) is 17.4. The average molecular weight is 474 g/mol. The molecule has 0 aliphatic heterocycles. The van der Waals surface area contributed by atoms with Crippen molar-refractivity contribution in [2.75, 3.05) is 15.7 Å². The third-order valence-corrected chi connectivity index (χ3v) is 6.51. The van der Waals surface area contributed by atoms with Crippen LogP contribution < -0.4 is 14.8 Å². The predicted octanol–water partition coefficient (Wildman–Crippen LogP) is 3.35. The lowest BCUT2D eigenvalue weighted by atomic mass is 10.1. The molecule has 3 aromatic rings. The fraction of sp³-hybridized carbons (Fsp3) is 0.136. The number of nitrogens with one attached hydrogen (secondary N) is 3. The third kappa shape index (κ3) is 6.08. The highest BCUT2D eigenvalue weighted by Gasteiger charge is 2.18. The summed E-state index contributed by atoms with van der Waals surface area (Å²) in [5.74, 6) is -0.424. The van der Waals surface area contributed by atoms with Crippen LogP contribution in [0.5, 0.6) is 0 Å². The van der Waals surface area contributed by atoms with Crippen LogP contribution in [0, 0.1) is 0 Å². The Morgan fingerprint density at radius 2 is 1.38 bits per heavy atom. The molecule has 0 aliphatic rings. The van der Waals surface area contributed by atoms with Crippen molar-refractivity contribution in [2.45, 2.75) is 17.9 Å². The molecule has 0 bridgehead atoms. The monoisotopic (exact) mass is 473 g/mol. The minimum Gasteiger partial charge on any atom is -0.345 e. The molecule has 168 valence electrons. The van der Waals surface area contributed by atoms with E-state index in [2.05, 4.69) is 14.8 Å². The van der Waals surface area contributed by atoms with E-state index < -0.39 is 32.0 Å². The lowest BCUT2D eigenvalue weighted by Crippen LogP contribution is -2.27. The number of amides is 1. The van der Waals surface area contributed by atoms with E-state index in [0.29, 0.717) is 16.9 Å². The molecule has 0 unspecified atom stereocenters. The molecule has 0 heterocycles. The number of carbonyl (C=O) groups excluding carboxylic acids is 1. The summed E-state index contributed by atoms with van der Waals surface area (Å²) in [7, 11) is -7.27. The van der Waals surface area contributed by atoms with Gasteiger partial charge in [-0.05, 0) is 55.0 Å². The van der Waals surface area contributed by atoms with Gasteiger partial charge in [0.05, 0.1) is 22.9 Å². The van der Waals surface area contributed by atoms with Crippen molar-refractivity contribution in [1.82, 2.24) is 5.32 Å². The second-order valence-corrected chi connectivity index (χ2v) is 10.6. The van der Waals surface area contributed by atoms with Crippen LogP contribution >= 0.6 is 0 Å². The van der Waals surface area contributed by atoms with Gasteiger partial charge in [-0.3, -0.25) is 14.2 Å². The smallest absolute Gasteiger partial charge is 0.261 e. The van der Waals surface area contributed by atoms with E-state index in [0.717, 1.165) is 6.26 Å². The number of sulfonamides is 2. The topological polar surface area (TPSA) is 121 Å². The summed E-state index contributed by atoms with van der Waals surface area (Å²) in [6.45, 7) is 1.73. The summed E-state index contributed by atoms with van der Waals surface area (Å²) < 4.78 is 53.2. The highest BCUT2D eigenvalue weighted by atomic mass is 32.2. The second-order valence-electron chi connectivity index (χ2n) is 7.15. The van der Waals surface area contributed by atoms with E-state index in [-0.39, 0.29) is 10.5 Å². The Bertz CT molecular complexity index is 1310. The Hall–Kier alpha value is -3.37. The van der Waals surface area contributed by atoms with E-state index in [1.165, 1.54) is 24.3 Å². The average Bonchev–Trinajstić information content (AvgIpc) is 2.73. The largest absolute Gasteiger partial charge is 0.345 e. The van der Waals surface area contributed by atoms with Gasteiger partial charge in [0.2, 0.25) is 10.0 Å². The number of anilines is 2. The Kier molecular flexibility index (Phi) is 6.85. The van der Waals surface area contributed by atoms with Gasteiger partial charge in [0, 0.05) is 11.3 Å². The van der Waals surface area contributed by atoms with Gasteiger partial charge in [-0.1, -0.05) is 36.4 Å². The molecule has 0 aliphatic carbocycles. The first-order chi connectivity index (χ1) is 15.0. The Morgan fingerprint density at radius 3 is 2.00 bits per heavy atom. The molecule has 0 spiro atoms. The van der Waals surface area contributed by atoms with E-state index in [1.807, 2.05) is 0 Å². The molecule has 0 saturated carbocycles. The molecule has 1 amide bonds.